The summed E-state index contributed by atoms with van der Waals surface area (Å²) in [5, 5.41) is 18.0. The average Bonchev–Trinajstić information content (AvgIpc) is 2.66. The minimum atomic E-state index is -1.48. The Hall–Kier alpha value is -1.59. The Balaban J connectivity index is 2.62. The van der Waals surface area contributed by atoms with E-state index in [0.717, 1.165) is 11.1 Å². The Labute approximate surface area is 128 Å². The second-order valence-electron chi connectivity index (χ2n) is 6.00. The zero-order valence-electron chi connectivity index (χ0n) is 12.9. The molecule has 0 aliphatic rings. The molecule has 0 bridgehead atoms. The number of fused-ring (bicyclic) bond motifs is 1. The molecule has 0 atom stereocenters. The Bertz CT molecular complexity index is 699. The van der Waals surface area contributed by atoms with Gasteiger partial charge < -0.3 is 10.4 Å². The number of benzene rings is 1. The number of aliphatic hydroxyl groups is 1. The lowest BCUT2D eigenvalue weighted by Gasteiger charge is -2.15. The fraction of sp³-hybridized carbons (Fsp3) is 0.467. The molecule has 21 heavy (non-hydrogen) atoms. The quantitative estimate of drug-likeness (QED) is 0.915. The van der Waals surface area contributed by atoms with Gasteiger partial charge in [-0.15, -0.1) is 0 Å². The smallest absolute Gasteiger partial charge is 0.256 e. The molecule has 0 fully saturated rings. The molecule has 2 rings (SSSR count). The third kappa shape index (κ3) is 2.89. The van der Waals surface area contributed by atoms with Crippen LogP contribution in [0.4, 0.5) is 5.82 Å². The minimum absolute atomic E-state index is 0.304. The molecule has 2 N–H and O–H groups in total. The van der Waals surface area contributed by atoms with Crippen LogP contribution in [0.5, 0.6) is 0 Å². The Morgan fingerprint density at radius 3 is 2.57 bits per heavy atom. The van der Waals surface area contributed by atoms with Crippen LogP contribution in [-0.4, -0.2) is 26.4 Å². The second kappa shape index (κ2) is 5.31. The van der Waals surface area contributed by atoms with Gasteiger partial charge in [0.05, 0.1) is 15.9 Å². The van der Waals surface area contributed by atoms with E-state index >= 15 is 0 Å². The van der Waals surface area contributed by atoms with Crippen molar-refractivity contribution < 1.29 is 9.90 Å². The van der Waals surface area contributed by atoms with Crippen LogP contribution >= 0.6 is 11.6 Å². The molecule has 0 unspecified atom stereocenters. The Morgan fingerprint density at radius 2 is 2.05 bits per heavy atom. The zero-order valence-corrected chi connectivity index (χ0v) is 13.6. The predicted octanol–water partition coefficient (Wildman–Crippen LogP) is 3.06. The summed E-state index contributed by atoms with van der Waals surface area (Å²) < 4.78 is 1.70. The van der Waals surface area contributed by atoms with E-state index in [1.54, 1.807) is 10.7 Å². The summed E-state index contributed by atoms with van der Waals surface area (Å²) in [6.45, 7) is 7.03. The van der Waals surface area contributed by atoms with Crippen LogP contribution < -0.4 is 5.32 Å². The van der Waals surface area contributed by atoms with Crippen LogP contribution in [0.1, 0.15) is 39.2 Å². The molecule has 6 heteroatoms. The van der Waals surface area contributed by atoms with Crippen LogP contribution in [0.3, 0.4) is 0 Å². The highest BCUT2D eigenvalue weighted by Crippen LogP contribution is 2.35. The number of carbonyl (C=O) groups is 1. The van der Waals surface area contributed by atoms with Crippen molar-refractivity contribution in [2.75, 3.05) is 5.32 Å². The summed E-state index contributed by atoms with van der Waals surface area (Å²) in [4.78, 5) is 12.0. The molecule has 0 spiro atoms. The third-order valence-corrected chi connectivity index (χ3v) is 3.69. The molecular weight excluding hydrogens is 290 g/mol. The first-order valence-electron chi connectivity index (χ1n) is 6.82. The predicted molar refractivity (Wildman–Crippen MR) is 84.7 cm³/mol. The van der Waals surface area contributed by atoms with Crippen LogP contribution in [-0.2, 0) is 11.8 Å². The molecule has 0 radical (unpaired) electrons. The molecular formula is C15H20ClN3O2. The van der Waals surface area contributed by atoms with Crippen molar-refractivity contribution in [2.24, 2.45) is 7.05 Å². The maximum Gasteiger partial charge on any atom is 0.256 e. The molecule has 0 saturated heterocycles. The maximum absolute atomic E-state index is 12.0. The molecule has 0 aliphatic carbocycles. The number of aromatic nitrogens is 2. The summed E-state index contributed by atoms with van der Waals surface area (Å²) in [5.41, 5.74) is 0.517. The normalized spacial score (nSPS) is 12.2. The van der Waals surface area contributed by atoms with Crippen molar-refractivity contribution in [1.82, 2.24) is 9.78 Å². The molecule has 0 aliphatic heterocycles. The summed E-state index contributed by atoms with van der Waals surface area (Å²) in [6.07, 6.45) is 0. The van der Waals surface area contributed by atoms with Gasteiger partial charge in [-0.3, -0.25) is 9.48 Å². The van der Waals surface area contributed by atoms with E-state index in [1.807, 2.05) is 13.1 Å². The van der Waals surface area contributed by atoms with Gasteiger partial charge in [0, 0.05) is 7.05 Å². The van der Waals surface area contributed by atoms with Gasteiger partial charge in [0.2, 0.25) is 0 Å². The van der Waals surface area contributed by atoms with Crippen molar-refractivity contribution in [3.63, 3.8) is 0 Å². The largest absolute Gasteiger partial charge is 0.381 e. The van der Waals surface area contributed by atoms with Crippen molar-refractivity contribution >= 4 is 34.2 Å². The van der Waals surface area contributed by atoms with Gasteiger partial charge in [-0.2, -0.15) is 5.10 Å². The van der Waals surface area contributed by atoms with Crippen molar-refractivity contribution in [3.8, 4) is 0 Å². The van der Waals surface area contributed by atoms with Gasteiger partial charge >= 0.3 is 0 Å². The number of carbonyl (C=O) groups excluding carboxylic acids is 1. The number of rotatable bonds is 3. The molecule has 114 valence electrons. The fourth-order valence-corrected chi connectivity index (χ4v) is 2.46. The van der Waals surface area contributed by atoms with E-state index in [0.29, 0.717) is 22.1 Å². The third-order valence-electron chi connectivity index (χ3n) is 3.38. The lowest BCUT2D eigenvalue weighted by atomic mass is 10.0. The number of nitrogens with zero attached hydrogens (tertiary/aromatic N) is 2. The molecule has 1 heterocycles. The topological polar surface area (TPSA) is 67.2 Å². The number of amides is 1. The zero-order chi connectivity index (χ0) is 15.9. The number of anilines is 1. The minimum Gasteiger partial charge on any atom is -0.381 e. The second-order valence-corrected chi connectivity index (χ2v) is 6.41. The number of hydrogen-bond acceptors (Lipinski definition) is 3. The first-order valence-corrected chi connectivity index (χ1v) is 7.19. The van der Waals surface area contributed by atoms with Gasteiger partial charge in [-0.05, 0) is 31.4 Å². The summed E-state index contributed by atoms with van der Waals surface area (Å²) in [7, 11) is 1.81. The molecule has 5 nitrogen and oxygen atoms in total. The van der Waals surface area contributed by atoms with Gasteiger partial charge in [-0.25, -0.2) is 0 Å². The van der Waals surface area contributed by atoms with Gasteiger partial charge in [0.25, 0.3) is 5.91 Å². The maximum atomic E-state index is 12.0. The SMILES string of the molecule is CC(C)c1ccc(Cl)c2c(NC(=O)C(C)(C)O)nn(C)c12. The van der Waals surface area contributed by atoms with E-state index in [4.69, 9.17) is 11.6 Å². The Kier molecular flexibility index (Phi) is 4.00. The highest BCUT2D eigenvalue weighted by molar-refractivity contribution is 6.36. The molecule has 1 amide bonds. The van der Waals surface area contributed by atoms with Crippen molar-refractivity contribution in [1.29, 1.82) is 0 Å². The van der Waals surface area contributed by atoms with Gasteiger partial charge in [0.1, 0.15) is 5.60 Å². The Morgan fingerprint density at radius 1 is 1.43 bits per heavy atom. The fourth-order valence-electron chi connectivity index (χ4n) is 2.22. The van der Waals surface area contributed by atoms with Crippen LogP contribution in [0, 0.1) is 0 Å². The molecule has 2 aromatic rings. The van der Waals surface area contributed by atoms with Gasteiger partial charge in [0.15, 0.2) is 5.82 Å². The van der Waals surface area contributed by atoms with Crippen LogP contribution in [0.25, 0.3) is 10.9 Å². The molecule has 1 aromatic carbocycles. The van der Waals surface area contributed by atoms with E-state index in [-0.39, 0.29) is 0 Å². The summed E-state index contributed by atoms with van der Waals surface area (Å²) >= 11 is 6.28. The van der Waals surface area contributed by atoms with Crippen LogP contribution in [0.2, 0.25) is 5.02 Å². The first kappa shape index (κ1) is 15.8. The van der Waals surface area contributed by atoms with Crippen molar-refractivity contribution in [2.45, 2.75) is 39.2 Å². The average molecular weight is 310 g/mol. The van der Waals surface area contributed by atoms with Crippen LogP contribution in [0.15, 0.2) is 12.1 Å². The highest BCUT2D eigenvalue weighted by atomic mass is 35.5. The molecule has 0 saturated carbocycles. The van der Waals surface area contributed by atoms with E-state index < -0.39 is 11.5 Å². The lowest BCUT2D eigenvalue weighted by molar-refractivity contribution is -0.130. The van der Waals surface area contributed by atoms with E-state index in [9.17, 15) is 9.90 Å². The summed E-state index contributed by atoms with van der Waals surface area (Å²) in [5.74, 6) is 0.152. The lowest BCUT2D eigenvalue weighted by Crippen LogP contribution is -2.36. The van der Waals surface area contributed by atoms with Crippen molar-refractivity contribution in [3.05, 3.63) is 22.7 Å². The monoisotopic (exact) mass is 309 g/mol. The summed E-state index contributed by atoms with van der Waals surface area (Å²) in [6, 6.07) is 3.78. The van der Waals surface area contributed by atoms with E-state index in [2.05, 4.69) is 24.3 Å². The highest BCUT2D eigenvalue weighted by Gasteiger charge is 2.26. The first-order chi connectivity index (χ1) is 9.62. The number of aryl methyl sites for hydroxylation is 1. The standard InChI is InChI=1S/C15H20ClN3O2/c1-8(2)9-6-7-10(16)11-12(9)19(5)18-13(11)17-14(20)15(3,4)21/h6-8,21H,1-5H3,(H,17,18,20). The van der Waals surface area contributed by atoms with Gasteiger partial charge in [-0.1, -0.05) is 31.5 Å². The number of nitrogens with one attached hydrogen (secondary N) is 1. The molecule has 1 aromatic heterocycles. The number of halogens is 1. The number of hydrogen-bond donors (Lipinski definition) is 2. The van der Waals surface area contributed by atoms with E-state index in [1.165, 1.54) is 13.8 Å².